The Balaban J connectivity index is 3.30. The average molecular weight is 324 g/mol. The molecule has 0 amide bonds. The predicted molar refractivity (Wildman–Crippen MR) is 66.2 cm³/mol. The molecule has 0 atom stereocenters. The fourth-order valence-electron chi connectivity index (χ4n) is 1.11. The number of aliphatic imine (C=N–C) groups is 2. The van der Waals surface area contributed by atoms with Gasteiger partial charge < -0.3 is 17.2 Å². The molecule has 0 aromatic heterocycles. The molecule has 0 heterocycles. The van der Waals surface area contributed by atoms with Crippen LogP contribution in [0.15, 0.2) is 32.7 Å². The third kappa shape index (κ3) is 3.91. The van der Waals surface area contributed by atoms with Gasteiger partial charge >= 0.3 is 6.18 Å². The first-order valence-electron chi connectivity index (χ1n) is 4.50. The molecule has 0 fully saturated rings. The summed E-state index contributed by atoms with van der Waals surface area (Å²) in [6.07, 6.45) is -4.55. The van der Waals surface area contributed by atoms with Crippen molar-refractivity contribution in [3.8, 4) is 0 Å². The van der Waals surface area contributed by atoms with Crippen LogP contribution in [-0.2, 0) is 6.18 Å². The molecule has 0 aliphatic rings. The lowest BCUT2D eigenvalue weighted by atomic mass is 10.2. The van der Waals surface area contributed by atoms with E-state index in [0.717, 1.165) is 12.1 Å². The lowest BCUT2D eigenvalue weighted by Crippen LogP contribution is -2.26. The van der Waals surface area contributed by atoms with Crippen LogP contribution in [0.2, 0.25) is 0 Å². The Hall–Kier alpha value is -1.77. The van der Waals surface area contributed by atoms with E-state index in [1.807, 2.05) is 0 Å². The monoisotopic (exact) mass is 323 g/mol. The molecule has 1 rings (SSSR count). The van der Waals surface area contributed by atoms with Crippen LogP contribution in [0.3, 0.4) is 0 Å². The molecule has 1 aromatic carbocycles. The number of hydrogen-bond acceptors (Lipinski definition) is 1. The number of nitrogens with zero attached hydrogens (tertiary/aromatic N) is 2. The molecule has 1 aromatic rings. The Morgan fingerprint density at radius 2 is 1.78 bits per heavy atom. The van der Waals surface area contributed by atoms with E-state index in [1.54, 1.807) is 0 Å². The molecule has 0 radical (unpaired) electrons. The second-order valence-corrected chi connectivity index (χ2v) is 4.08. The number of rotatable bonds is 1. The van der Waals surface area contributed by atoms with Gasteiger partial charge in [-0.2, -0.15) is 18.2 Å². The lowest BCUT2D eigenvalue weighted by molar-refractivity contribution is -0.137. The zero-order chi connectivity index (χ0) is 13.9. The molecule has 0 saturated heterocycles. The van der Waals surface area contributed by atoms with Crippen molar-refractivity contribution in [3.05, 3.63) is 28.2 Å². The van der Waals surface area contributed by atoms with Crippen LogP contribution in [0.5, 0.6) is 0 Å². The summed E-state index contributed by atoms with van der Waals surface area (Å²) in [5.74, 6) is -0.843. The molecule has 0 aliphatic heterocycles. The van der Waals surface area contributed by atoms with Gasteiger partial charge in [0.1, 0.15) is 0 Å². The second-order valence-electron chi connectivity index (χ2n) is 3.17. The molecule has 18 heavy (non-hydrogen) atoms. The summed E-state index contributed by atoms with van der Waals surface area (Å²) in [5.41, 5.74) is 14.0. The minimum Gasteiger partial charge on any atom is -0.370 e. The van der Waals surface area contributed by atoms with Crippen molar-refractivity contribution in [2.45, 2.75) is 6.18 Å². The highest BCUT2D eigenvalue weighted by atomic mass is 79.9. The third-order valence-electron chi connectivity index (χ3n) is 1.74. The first-order valence-corrected chi connectivity index (χ1v) is 5.30. The van der Waals surface area contributed by atoms with Crippen LogP contribution < -0.4 is 17.2 Å². The Kier molecular flexibility index (Phi) is 4.17. The Morgan fingerprint density at radius 3 is 2.28 bits per heavy atom. The van der Waals surface area contributed by atoms with Gasteiger partial charge in [-0.05, 0) is 18.2 Å². The number of guanidine groups is 2. The van der Waals surface area contributed by atoms with Crippen molar-refractivity contribution < 1.29 is 13.2 Å². The van der Waals surface area contributed by atoms with E-state index in [4.69, 9.17) is 17.2 Å². The van der Waals surface area contributed by atoms with E-state index >= 15 is 0 Å². The fourth-order valence-corrected chi connectivity index (χ4v) is 1.47. The maximum atomic E-state index is 12.7. The van der Waals surface area contributed by atoms with Gasteiger partial charge in [-0.3, -0.25) is 0 Å². The molecule has 98 valence electrons. The van der Waals surface area contributed by atoms with Gasteiger partial charge in [0.25, 0.3) is 0 Å². The largest absolute Gasteiger partial charge is 0.418 e. The van der Waals surface area contributed by atoms with Crippen molar-refractivity contribution >= 4 is 33.5 Å². The molecule has 0 bridgehead atoms. The molecule has 0 aliphatic carbocycles. The maximum absolute atomic E-state index is 12.7. The predicted octanol–water partition coefficient (Wildman–Crippen LogP) is 1.69. The van der Waals surface area contributed by atoms with Crippen LogP contribution in [0.4, 0.5) is 18.9 Å². The van der Waals surface area contributed by atoms with E-state index in [1.165, 1.54) is 6.07 Å². The highest BCUT2D eigenvalue weighted by molar-refractivity contribution is 9.10. The second kappa shape index (κ2) is 5.25. The van der Waals surface area contributed by atoms with E-state index in [9.17, 15) is 13.2 Å². The minimum absolute atomic E-state index is 0.272. The number of hydrogen-bond donors (Lipinski definition) is 3. The van der Waals surface area contributed by atoms with E-state index in [2.05, 4.69) is 25.9 Å². The topological polar surface area (TPSA) is 103 Å². The van der Waals surface area contributed by atoms with Gasteiger partial charge in [0, 0.05) is 4.47 Å². The van der Waals surface area contributed by atoms with Crippen molar-refractivity contribution in [3.63, 3.8) is 0 Å². The third-order valence-corrected chi connectivity index (χ3v) is 2.24. The first-order chi connectivity index (χ1) is 8.20. The summed E-state index contributed by atoms with van der Waals surface area (Å²) in [6, 6.07) is 3.44. The molecular weight excluding hydrogens is 315 g/mol. The first kappa shape index (κ1) is 14.3. The molecular formula is C9H9BrF3N5. The Labute approximate surface area is 109 Å². The summed E-state index contributed by atoms with van der Waals surface area (Å²) in [6.45, 7) is 0. The zero-order valence-corrected chi connectivity index (χ0v) is 10.5. The molecule has 0 spiro atoms. The van der Waals surface area contributed by atoms with Gasteiger partial charge in [0.15, 0.2) is 5.96 Å². The van der Waals surface area contributed by atoms with Crippen molar-refractivity contribution in [1.82, 2.24) is 0 Å². The summed E-state index contributed by atoms with van der Waals surface area (Å²) in [5, 5.41) is 0. The lowest BCUT2D eigenvalue weighted by Gasteiger charge is -2.10. The van der Waals surface area contributed by atoms with E-state index < -0.39 is 17.7 Å². The van der Waals surface area contributed by atoms with Crippen LogP contribution in [0, 0.1) is 0 Å². The smallest absolute Gasteiger partial charge is 0.370 e. The SMILES string of the molecule is NC(N)=NC(N)=Nc1ccc(Br)cc1C(F)(F)F. The average Bonchev–Trinajstić information content (AvgIpc) is 2.17. The summed E-state index contributed by atoms with van der Waals surface area (Å²) >= 11 is 2.95. The highest BCUT2D eigenvalue weighted by Crippen LogP contribution is 2.37. The number of alkyl halides is 3. The Bertz CT molecular complexity index is 505. The van der Waals surface area contributed by atoms with Gasteiger partial charge in [-0.25, -0.2) is 4.99 Å². The molecule has 5 nitrogen and oxygen atoms in total. The van der Waals surface area contributed by atoms with Gasteiger partial charge in [0.05, 0.1) is 11.3 Å². The van der Waals surface area contributed by atoms with Crippen molar-refractivity contribution in [1.29, 1.82) is 0 Å². The van der Waals surface area contributed by atoms with Crippen LogP contribution in [-0.4, -0.2) is 11.9 Å². The zero-order valence-electron chi connectivity index (χ0n) is 8.87. The fraction of sp³-hybridized carbons (Fsp3) is 0.111. The quantitative estimate of drug-likeness (QED) is 0.541. The van der Waals surface area contributed by atoms with Crippen molar-refractivity contribution in [2.24, 2.45) is 27.2 Å². The van der Waals surface area contributed by atoms with Gasteiger partial charge in [-0.1, -0.05) is 15.9 Å². The number of halogens is 4. The van der Waals surface area contributed by atoms with Crippen LogP contribution in [0.1, 0.15) is 5.56 Å². The van der Waals surface area contributed by atoms with E-state index in [0.29, 0.717) is 0 Å². The summed E-state index contributed by atoms with van der Waals surface area (Å²) in [7, 11) is 0. The van der Waals surface area contributed by atoms with Gasteiger partial charge in [0.2, 0.25) is 5.96 Å². The standard InChI is InChI=1S/C9H9BrF3N5/c10-4-1-2-6(5(3-4)9(11,12)13)17-8(16)18-7(14)15/h1-3H,(H6,14,15,16,17,18). The Morgan fingerprint density at radius 1 is 1.17 bits per heavy atom. The summed E-state index contributed by atoms with van der Waals surface area (Å²) < 4.78 is 38.4. The highest BCUT2D eigenvalue weighted by Gasteiger charge is 2.33. The van der Waals surface area contributed by atoms with Crippen LogP contribution >= 0.6 is 15.9 Å². The minimum atomic E-state index is -4.55. The van der Waals surface area contributed by atoms with Gasteiger partial charge in [-0.15, -0.1) is 0 Å². The molecule has 0 unspecified atom stereocenters. The van der Waals surface area contributed by atoms with Crippen molar-refractivity contribution in [2.75, 3.05) is 0 Å². The molecule has 0 saturated carbocycles. The number of nitrogens with two attached hydrogens (primary N) is 3. The maximum Gasteiger partial charge on any atom is 0.418 e. The summed E-state index contributed by atoms with van der Waals surface area (Å²) in [4.78, 5) is 6.85. The van der Waals surface area contributed by atoms with E-state index in [-0.39, 0.29) is 16.1 Å². The number of benzene rings is 1. The normalized spacial score (nSPS) is 12.3. The molecule has 9 heteroatoms. The van der Waals surface area contributed by atoms with Crippen LogP contribution in [0.25, 0.3) is 0 Å². The molecule has 6 N–H and O–H groups in total.